The second kappa shape index (κ2) is 8.70. The van der Waals surface area contributed by atoms with Crippen molar-refractivity contribution >= 4 is 24.1 Å². The number of hydroxylamine groups is 2. The number of carbonyl (C=O) groups is 4. The smallest absolute Gasteiger partial charge is 0.444 e. The summed E-state index contributed by atoms with van der Waals surface area (Å²) in [5.41, 5.74) is -1.53. The van der Waals surface area contributed by atoms with Gasteiger partial charge in [-0.1, -0.05) is 18.9 Å². The molecule has 0 spiro atoms. The summed E-state index contributed by atoms with van der Waals surface area (Å²) in [6.07, 6.45) is -3.15. The molecule has 150 valence electrons. The normalized spacial score (nSPS) is 15.8. The number of nitrogens with one attached hydrogen (secondary N) is 1. The number of nitrogens with zero attached hydrogens (tertiary/aromatic N) is 2. The number of carbonyl (C=O) groups excluding carboxylic acids is 4. The zero-order valence-corrected chi connectivity index (χ0v) is 16.2. The number of imide groups is 1. The quantitative estimate of drug-likeness (QED) is 0.544. The van der Waals surface area contributed by atoms with Gasteiger partial charge in [0, 0.05) is 24.8 Å². The molecule has 1 saturated heterocycles. The Balaban J connectivity index is 2.67. The zero-order valence-electron chi connectivity index (χ0n) is 16.2. The summed E-state index contributed by atoms with van der Waals surface area (Å²) in [6, 6.07) is 1.89. The Bertz CT molecular complexity index is 630. The van der Waals surface area contributed by atoms with Gasteiger partial charge in [-0.15, -0.1) is 0 Å². The van der Waals surface area contributed by atoms with Crippen LogP contribution in [0.3, 0.4) is 0 Å². The first kappa shape index (κ1) is 22.2. The van der Waals surface area contributed by atoms with Gasteiger partial charge < -0.3 is 14.8 Å². The van der Waals surface area contributed by atoms with Gasteiger partial charge in [-0.3, -0.25) is 14.4 Å². The third kappa shape index (κ3) is 7.13. The van der Waals surface area contributed by atoms with Crippen molar-refractivity contribution in [1.82, 2.24) is 10.4 Å². The summed E-state index contributed by atoms with van der Waals surface area (Å²) >= 11 is 0. The highest BCUT2D eigenvalue weighted by Crippen LogP contribution is 2.26. The van der Waals surface area contributed by atoms with Crippen molar-refractivity contribution in [3.8, 4) is 6.07 Å². The summed E-state index contributed by atoms with van der Waals surface area (Å²) in [5.74, 6) is -1.28. The molecule has 1 rings (SSSR count). The molecule has 27 heavy (non-hydrogen) atoms. The third-order valence-corrected chi connectivity index (χ3v) is 3.65. The Morgan fingerprint density at radius 1 is 1.19 bits per heavy atom. The Labute approximate surface area is 157 Å². The number of rotatable bonds is 6. The van der Waals surface area contributed by atoms with Gasteiger partial charge >= 0.3 is 12.2 Å². The van der Waals surface area contributed by atoms with Crippen LogP contribution in [0, 0.1) is 16.7 Å². The van der Waals surface area contributed by atoms with Gasteiger partial charge in [-0.2, -0.15) is 5.26 Å². The zero-order chi connectivity index (χ0) is 20.8. The van der Waals surface area contributed by atoms with E-state index in [0.717, 1.165) is 0 Å². The molecule has 3 amide bonds. The van der Waals surface area contributed by atoms with Gasteiger partial charge in [0.2, 0.25) is 0 Å². The van der Waals surface area contributed by atoms with E-state index >= 15 is 0 Å². The van der Waals surface area contributed by atoms with Crippen LogP contribution in [0.4, 0.5) is 9.59 Å². The van der Waals surface area contributed by atoms with E-state index in [1.54, 1.807) is 34.6 Å². The largest absolute Gasteiger partial charge is 0.534 e. The molecule has 1 N–H and O–H groups in total. The molecule has 1 fully saturated rings. The van der Waals surface area contributed by atoms with Crippen LogP contribution in [0.15, 0.2) is 0 Å². The molecule has 0 aromatic carbocycles. The summed E-state index contributed by atoms with van der Waals surface area (Å²) in [7, 11) is 0. The Kier molecular flexibility index (Phi) is 7.16. The fourth-order valence-corrected chi connectivity index (χ4v) is 2.16. The maximum atomic E-state index is 11.9. The van der Waals surface area contributed by atoms with Gasteiger partial charge in [0.15, 0.2) is 0 Å². The second-order valence-corrected chi connectivity index (χ2v) is 7.74. The van der Waals surface area contributed by atoms with Crippen LogP contribution in [0.1, 0.15) is 53.9 Å². The van der Waals surface area contributed by atoms with Crippen LogP contribution in [0.25, 0.3) is 0 Å². The van der Waals surface area contributed by atoms with Crippen LogP contribution in [-0.4, -0.2) is 47.4 Å². The highest BCUT2D eigenvalue weighted by molar-refractivity contribution is 6.01. The fraction of sp³-hybridized carbons (Fsp3) is 0.706. The SMILES string of the molecule is CC(C)(C)OC(=O)NCC(C)(C)C(CC#N)OC(=O)ON1C(=O)CCC1=O. The van der Waals surface area contributed by atoms with Crippen LogP contribution in [0.2, 0.25) is 0 Å². The highest BCUT2D eigenvalue weighted by atomic mass is 16.8. The minimum atomic E-state index is -1.27. The van der Waals surface area contributed by atoms with Crippen molar-refractivity contribution in [2.75, 3.05) is 6.54 Å². The van der Waals surface area contributed by atoms with Crippen LogP contribution in [0.5, 0.6) is 0 Å². The number of hydrogen-bond donors (Lipinski definition) is 1. The van der Waals surface area contributed by atoms with E-state index < -0.39 is 41.2 Å². The number of alkyl carbamates (subject to hydrolysis) is 1. The van der Waals surface area contributed by atoms with Gasteiger partial charge in [-0.05, 0) is 20.8 Å². The predicted molar refractivity (Wildman–Crippen MR) is 90.7 cm³/mol. The lowest BCUT2D eigenvalue weighted by molar-refractivity contribution is -0.180. The Hall–Kier alpha value is -2.83. The minimum Gasteiger partial charge on any atom is -0.444 e. The van der Waals surface area contributed by atoms with Crippen molar-refractivity contribution < 1.29 is 33.5 Å². The molecule has 10 heteroatoms. The van der Waals surface area contributed by atoms with E-state index in [1.165, 1.54) is 0 Å². The lowest BCUT2D eigenvalue weighted by atomic mass is 9.85. The Morgan fingerprint density at radius 2 is 1.74 bits per heavy atom. The summed E-state index contributed by atoms with van der Waals surface area (Å²) in [5, 5.41) is 11.9. The van der Waals surface area contributed by atoms with E-state index in [4.69, 9.17) is 14.7 Å². The topological polar surface area (TPSA) is 135 Å². The first-order chi connectivity index (χ1) is 12.4. The average molecular weight is 383 g/mol. The predicted octanol–water partition coefficient (Wildman–Crippen LogP) is 2.04. The van der Waals surface area contributed by atoms with E-state index in [9.17, 15) is 19.2 Å². The fourth-order valence-electron chi connectivity index (χ4n) is 2.16. The van der Waals surface area contributed by atoms with E-state index in [1.807, 2.05) is 6.07 Å². The number of nitriles is 1. The van der Waals surface area contributed by atoms with Crippen molar-refractivity contribution in [3.05, 3.63) is 0 Å². The summed E-state index contributed by atoms with van der Waals surface area (Å²) in [4.78, 5) is 51.3. The van der Waals surface area contributed by atoms with Crippen molar-refractivity contribution in [3.63, 3.8) is 0 Å². The third-order valence-electron chi connectivity index (χ3n) is 3.65. The molecule has 10 nitrogen and oxygen atoms in total. The van der Waals surface area contributed by atoms with Crippen molar-refractivity contribution in [2.45, 2.75) is 65.6 Å². The molecule has 1 aliphatic heterocycles. The first-order valence-corrected chi connectivity index (χ1v) is 8.44. The molecular formula is C17H25N3O7. The van der Waals surface area contributed by atoms with Crippen LogP contribution < -0.4 is 5.32 Å². The lowest BCUT2D eigenvalue weighted by Crippen LogP contribution is -2.45. The van der Waals surface area contributed by atoms with Crippen molar-refractivity contribution in [2.24, 2.45) is 5.41 Å². The summed E-state index contributed by atoms with van der Waals surface area (Å²) in [6.45, 7) is 8.55. The molecule has 0 radical (unpaired) electrons. The van der Waals surface area contributed by atoms with Crippen LogP contribution >= 0.6 is 0 Å². The Morgan fingerprint density at radius 3 is 2.22 bits per heavy atom. The van der Waals surface area contributed by atoms with Gasteiger partial charge in [0.25, 0.3) is 11.8 Å². The average Bonchev–Trinajstić information content (AvgIpc) is 2.83. The lowest BCUT2D eigenvalue weighted by Gasteiger charge is -2.32. The van der Waals surface area contributed by atoms with E-state index in [0.29, 0.717) is 5.06 Å². The van der Waals surface area contributed by atoms with Crippen LogP contribution in [-0.2, 0) is 23.9 Å². The molecule has 0 aromatic heterocycles. The molecule has 1 aliphatic rings. The van der Waals surface area contributed by atoms with E-state index in [-0.39, 0.29) is 25.8 Å². The molecule has 1 unspecified atom stereocenters. The minimum absolute atomic E-state index is 0.0426. The second-order valence-electron chi connectivity index (χ2n) is 7.74. The maximum absolute atomic E-state index is 11.9. The van der Waals surface area contributed by atoms with Crippen molar-refractivity contribution in [1.29, 1.82) is 5.26 Å². The first-order valence-electron chi connectivity index (χ1n) is 8.44. The molecule has 0 aliphatic carbocycles. The molecule has 0 aromatic rings. The molecule has 0 saturated carbocycles. The molecule has 1 heterocycles. The number of amides is 3. The monoisotopic (exact) mass is 383 g/mol. The standard InChI is InChI=1S/C17H25N3O7/c1-16(2,3)26-14(23)19-10-17(4,5)11(8-9-18)25-15(24)27-20-12(21)6-7-13(20)22/h11H,6-8,10H2,1-5H3,(H,19,23). The molecular weight excluding hydrogens is 358 g/mol. The van der Waals surface area contributed by atoms with E-state index in [2.05, 4.69) is 10.2 Å². The number of ether oxygens (including phenoxy) is 2. The summed E-state index contributed by atoms with van der Waals surface area (Å²) < 4.78 is 10.3. The molecule has 1 atom stereocenters. The van der Waals surface area contributed by atoms with Gasteiger partial charge in [0.1, 0.15) is 11.7 Å². The number of hydrogen-bond acceptors (Lipinski definition) is 8. The maximum Gasteiger partial charge on any atom is 0.534 e. The van der Waals surface area contributed by atoms with Gasteiger partial charge in [-0.25, -0.2) is 9.59 Å². The van der Waals surface area contributed by atoms with Gasteiger partial charge in [0.05, 0.1) is 12.5 Å². The molecule has 0 bridgehead atoms. The highest BCUT2D eigenvalue weighted by Gasteiger charge is 2.37.